The number of rotatable bonds is 3. The summed E-state index contributed by atoms with van der Waals surface area (Å²) >= 11 is 3.39. The number of hydrogen-bond donors (Lipinski definition) is 1. The van der Waals surface area contributed by atoms with Gasteiger partial charge in [-0.2, -0.15) is 4.98 Å². The lowest BCUT2D eigenvalue weighted by atomic mass is 10.5. The van der Waals surface area contributed by atoms with Crippen molar-refractivity contribution in [1.82, 2.24) is 19.6 Å². The molecule has 0 spiro atoms. The van der Waals surface area contributed by atoms with Crippen molar-refractivity contribution in [2.45, 2.75) is 13.5 Å². The van der Waals surface area contributed by atoms with Crippen molar-refractivity contribution in [3.8, 4) is 0 Å². The molecular weight excluding hydrogens is 298 g/mol. The van der Waals surface area contributed by atoms with Gasteiger partial charge in [-0.1, -0.05) is 0 Å². The first-order chi connectivity index (χ1) is 8.70. The maximum atomic E-state index is 5.35. The van der Waals surface area contributed by atoms with Gasteiger partial charge in [-0.15, -0.1) is 5.10 Å². The molecule has 0 aliphatic rings. The van der Waals surface area contributed by atoms with E-state index in [2.05, 4.69) is 36.3 Å². The Bertz CT molecular complexity index is 690. The monoisotopic (exact) mass is 307 g/mol. The van der Waals surface area contributed by atoms with Crippen LogP contribution in [0.2, 0.25) is 0 Å². The second-order valence-electron chi connectivity index (χ2n) is 3.80. The van der Waals surface area contributed by atoms with E-state index >= 15 is 0 Å². The molecular formula is C11H10BrN5O. The standard InChI is InChI=1S/C11H10BrN5O/c1-7-4-13-10(18-7)5-14-11-15-9-3-2-8(12)6-17(9)16-11/h2-4,6H,5H2,1H3,(H,14,16). The minimum absolute atomic E-state index is 0.464. The van der Waals surface area contributed by atoms with Crippen molar-refractivity contribution < 1.29 is 4.42 Å². The first kappa shape index (κ1) is 11.2. The van der Waals surface area contributed by atoms with Crippen LogP contribution in [0, 0.1) is 6.92 Å². The van der Waals surface area contributed by atoms with Gasteiger partial charge in [0, 0.05) is 10.7 Å². The summed E-state index contributed by atoms with van der Waals surface area (Å²) in [5.74, 6) is 1.95. The van der Waals surface area contributed by atoms with Crippen LogP contribution >= 0.6 is 15.9 Å². The molecule has 3 aromatic heterocycles. The normalized spacial score (nSPS) is 11.0. The minimum atomic E-state index is 0.464. The third-order valence-corrected chi connectivity index (χ3v) is 2.83. The highest BCUT2D eigenvalue weighted by Gasteiger charge is 2.05. The van der Waals surface area contributed by atoms with Crippen LogP contribution in [0.25, 0.3) is 5.65 Å². The van der Waals surface area contributed by atoms with Crippen molar-refractivity contribution >= 4 is 27.5 Å². The van der Waals surface area contributed by atoms with Gasteiger partial charge in [0.05, 0.1) is 12.7 Å². The van der Waals surface area contributed by atoms with E-state index in [4.69, 9.17) is 4.42 Å². The van der Waals surface area contributed by atoms with Gasteiger partial charge in [-0.3, -0.25) is 0 Å². The van der Waals surface area contributed by atoms with E-state index in [0.29, 0.717) is 18.4 Å². The Hall–Kier alpha value is -1.89. The van der Waals surface area contributed by atoms with E-state index < -0.39 is 0 Å². The summed E-state index contributed by atoms with van der Waals surface area (Å²) < 4.78 is 8.01. The molecule has 0 radical (unpaired) electrons. The van der Waals surface area contributed by atoms with Gasteiger partial charge in [0.15, 0.2) is 5.65 Å². The van der Waals surface area contributed by atoms with Crippen molar-refractivity contribution in [2.24, 2.45) is 0 Å². The summed E-state index contributed by atoms with van der Waals surface area (Å²) in [4.78, 5) is 8.43. The smallest absolute Gasteiger partial charge is 0.243 e. The molecule has 92 valence electrons. The van der Waals surface area contributed by atoms with Gasteiger partial charge < -0.3 is 9.73 Å². The average molecular weight is 308 g/mol. The quantitative estimate of drug-likeness (QED) is 0.804. The second kappa shape index (κ2) is 4.41. The fourth-order valence-corrected chi connectivity index (χ4v) is 1.90. The molecule has 0 saturated heterocycles. The van der Waals surface area contributed by atoms with Crippen LogP contribution in [-0.2, 0) is 6.54 Å². The van der Waals surface area contributed by atoms with E-state index in [1.165, 1.54) is 0 Å². The molecule has 0 unspecified atom stereocenters. The summed E-state index contributed by atoms with van der Waals surface area (Å²) in [5.41, 5.74) is 0.782. The van der Waals surface area contributed by atoms with Crippen molar-refractivity contribution in [2.75, 3.05) is 5.32 Å². The van der Waals surface area contributed by atoms with Gasteiger partial charge in [-0.05, 0) is 35.0 Å². The molecule has 3 rings (SSSR count). The Labute approximate surface area is 111 Å². The zero-order valence-corrected chi connectivity index (χ0v) is 11.2. The number of aryl methyl sites for hydroxylation is 1. The number of nitrogens with zero attached hydrogens (tertiary/aromatic N) is 4. The molecule has 0 atom stereocenters. The molecule has 0 aliphatic carbocycles. The average Bonchev–Trinajstić information content (AvgIpc) is 2.92. The number of aromatic nitrogens is 4. The van der Waals surface area contributed by atoms with Gasteiger partial charge in [0.25, 0.3) is 0 Å². The molecule has 3 heterocycles. The maximum absolute atomic E-state index is 5.35. The summed E-state index contributed by atoms with van der Waals surface area (Å²) in [6, 6.07) is 3.81. The number of pyridine rings is 1. The lowest BCUT2D eigenvalue weighted by Crippen LogP contribution is -2.01. The van der Waals surface area contributed by atoms with Crippen molar-refractivity contribution in [3.63, 3.8) is 0 Å². The lowest BCUT2D eigenvalue weighted by Gasteiger charge is -1.95. The summed E-state index contributed by atoms with van der Waals surface area (Å²) in [6.45, 7) is 2.32. The van der Waals surface area contributed by atoms with Crippen LogP contribution < -0.4 is 5.32 Å². The van der Waals surface area contributed by atoms with Gasteiger partial charge in [-0.25, -0.2) is 9.50 Å². The Balaban J connectivity index is 1.78. The summed E-state index contributed by atoms with van der Waals surface area (Å²) in [6.07, 6.45) is 3.54. The van der Waals surface area contributed by atoms with Crippen LogP contribution in [-0.4, -0.2) is 19.6 Å². The molecule has 1 N–H and O–H groups in total. The molecule has 0 saturated carbocycles. The highest BCUT2D eigenvalue weighted by Crippen LogP contribution is 2.12. The second-order valence-corrected chi connectivity index (χ2v) is 4.72. The Morgan fingerprint density at radius 2 is 2.33 bits per heavy atom. The first-order valence-electron chi connectivity index (χ1n) is 5.38. The molecule has 0 bridgehead atoms. The van der Waals surface area contributed by atoms with E-state index in [9.17, 15) is 0 Å². The molecule has 0 aromatic carbocycles. The fourth-order valence-electron chi connectivity index (χ4n) is 1.57. The number of oxazole rings is 1. The Morgan fingerprint density at radius 3 is 3.11 bits per heavy atom. The molecule has 18 heavy (non-hydrogen) atoms. The van der Waals surface area contributed by atoms with Crippen molar-refractivity contribution in [1.29, 1.82) is 0 Å². The number of hydrogen-bond acceptors (Lipinski definition) is 5. The third kappa shape index (κ3) is 2.21. The van der Waals surface area contributed by atoms with Gasteiger partial charge in [0.2, 0.25) is 11.8 Å². The number of fused-ring (bicyclic) bond motifs is 1. The topological polar surface area (TPSA) is 68.2 Å². The van der Waals surface area contributed by atoms with Crippen LogP contribution in [0.1, 0.15) is 11.7 Å². The zero-order chi connectivity index (χ0) is 12.5. The summed E-state index contributed by atoms with van der Waals surface area (Å²) in [7, 11) is 0. The van der Waals surface area contributed by atoms with Crippen molar-refractivity contribution in [3.05, 3.63) is 40.7 Å². The molecule has 3 aromatic rings. The number of anilines is 1. The SMILES string of the molecule is Cc1cnc(CNc2nc3ccc(Br)cn3n2)o1. The van der Waals surface area contributed by atoms with Gasteiger partial charge >= 0.3 is 0 Å². The Morgan fingerprint density at radius 1 is 1.44 bits per heavy atom. The third-order valence-electron chi connectivity index (χ3n) is 2.36. The highest BCUT2D eigenvalue weighted by molar-refractivity contribution is 9.10. The molecule has 7 heteroatoms. The maximum Gasteiger partial charge on any atom is 0.243 e. The molecule has 0 aliphatic heterocycles. The predicted molar refractivity (Wildman–Crippen MR) is 69.3 cm³/mol. The lowest BCUT2D eigenvalue weighted by molar-refractivity contribution is 0.478. The number of nitrogens with one attached hydrogen (secondary N) is 1. The van der Waals surface area contributed by atoms with E-state index in [1.807, 2.05) is 25.3 Å². The predicted octanol–water partition coefficient (Wildman–Crippen LogP) is 2.40. The molecule has 6 nitrogen and oxygen atoms in total. The molecule has 0 fully saturated rings. The highest BCUT2D eigenvalue weighted by atomic mass is 79.9. The first-order valence-corrected chi connectivity index (χ1v) is 6.17. The van der Waals surface area contributed by atoms with Crippen LogP contribution in [0.3, 0.4) is 0 Å². The zero-order valence-electron chi connectivity index (χ0n) is 9.59. The summed E-state index contributed by atoms with van der Waals surface area (Å²) in [5, 5.41) is 7.36. The van der Waals surface area contributed by atoms with Gasteiger partial charge in [0.1, 0.15) is 5.76 Å². The fraction of sp³-hybridized carbons (Fsp3) is 0.182. The minimum Gasteiger partial charge on any atom is -0.444 e. The van der Waals surface area contributed by atoms with E-state index in [1.54, 1.807) is 10.7 Å². The number of halogens is 1. The molecule has 0 amide bonds. The van der Waals surface area contributed by atoms with Crippen LogP contribution in [0.5, 0.6) is 0 Å². The van der Waals surface area contributed by atoms with E-state index in [0.717, 1.165) is 15.9 Å². The van der Waals surface area contributed by atoms with E-state index in [-0.39, 0.29) is 0 Å². The van der Waals surface area contributed by atoms with Crippen LogP contribution in [0.15, 0.2) is 33.4 Å². The largest absolute Gasteiger partial charge is 0.444 e. The van der Waals surface area contributed by atoms with Crippen LogP contribution in [0.4, 0.5) is 5.95 Å². The Kier molecular flexibility index (Phi) is 2.75.